The Bertz CT molecular complexity index is 931. The maximum Gasteiger partial charge on any atom is 0.283 e. The lowest BCUT2D eigenvalue weighted by Crippen LogP contribution is -2.18. The van der Waals surface area contributed by atoms with E-state index in [0.29, 0.717) is 11.5 Å². The van der Waals surface area contributed by atoms with Crippen LogP contribution in [0.15, 0.2) is 28.2 Å². The van der Waals surface area contributed by atoms with Gasteiger partial charge in [-0.25, -0.2) is 0 Å². The first-order valence-corrected chi connectivity index (χ1v) is 8.74. The van der Waals surface area contributed by atoms with E-state index >= 15 is 0 Å². The fraction of sp³-hybridized carbons (Fsp3) is 0.412. The van der Waals surface area contributed by atoms with Crippen molar-refractivity contribution in [1.82, 2.24) is 9.55 Å². The van der Waals surface area contributed by atoms with Crippen LogP contribution < -0.4 is 20.8 Å². The third-order valence-electron chi connectivity index (χ3n) is 4.47. The molecule has 9 heteroatoms. The summed E-state index contributed by atoms with van der Waals surface area (Å²) in [7, 11) is 1.59. The van der Waals surface area contributed by atoms with Gasteiger partial charge in [-0.2, -0.15) is 0 Å². The normalized spacial score (nSPS) is 14.3. The zero-order chi connectivity index (χ0) is 18.7. The lowest BCUT2D eigenvalue weighted by molar-refractivity contribution is 0.200. The van der Waals surface area contributed by atoms with Crippen molar-refractivity contribution in [2.45, 2.75) is 38.3 Å². The van der Waals surface area contributed by atoms with Crippen molar-refractivity contribution in [2.75, 3.05) is 12.8 Å². The molecule has 138 valence electrons. The molecule has 1 aromatic heterocycles. The number of methoxy groups -OCH3 is 1. The average Bonchev–Trinajstić information content (AvgIpc) is 3.12. The Balaban J connectivity index is 1.94. The summed E-state index contributed by atoms with van der Waals surface area (Å²) in [6.07, 6.45) is 4.57. The molecule has 1 aliphatic carbocycles. The number of nitroso groups, excluding NO2 is 1. The summed E-state index contributed by atoms with van der Waals surface area (Å²) in [5, 5.41) is 2.70. The second-order valence-corrected chi connectivity index (χ2v) is 6.57. The van der Waals surface area contributed by atoms with Crippen LogP contribution in [0.25, 0.3) is 0 Å². The topological polar surface area (TPSA) is 112 Å². The summed E-state index contributed by atoms with van der Waals surface area (Å²) < 4.78 is 13.0. The van der Waals surface area contributed by atoms with Crippen molar-refractivity contribution < 1.29 is 9.47 Å². The van der Waals surface area contributed by atoms with Gasteiger partial charge in [0.15, 0.2) is 16.3 Å². The Morgan fingerprint density at radius 1 is 1.35 bits per heavy atom. The average molecular weight is 376 g/mol. The number of aromatic amines is 1. The van der Waals surface area contributed by atoms with Crippen LogP contribution in [0.1, 0.15) is 31.2 Å². The SMILES string of the molecule is COc1ccc(Cn2c(N)c(N=O)c(=O)[nH]c2=S)cc1OC1CCCC1. The number of hydrogen-bond acceptors (Lipinski definition) is 7. The standard InChI is InChI=1S/C17H20N4O4S/c1-24-12-7-6-10(8-13(12)25-11-4-2-3-5-11)9-21-15(18)14(20-23)16(22)19-17(21)26/h6-8,11H,2-5,9,18H2,1H3,(H,19,22,26). The highest BCUT2D eigenvalue weighted by Crippen LogP contribution is 2.33. The van der Waals surface area contributed by atoms with Crippen molar-refractivity contribution >= 4 is 23.7 Å². The molecule has 3 N–H and O–H groups in total. The number of nitrogens with one attached hydrogen (secondary N) is 1. The molecule has 3 rings (SSSR count). The van der Waals surface area contributed by atoms with Crippen molar-refractivity contribution in [3.8, 4) is 11.5 Å². The molecular formula is C17H20N4O4S. The Morgan fingerprint density at radius 2 is 2.08 bits per heavy atom. The van der Waals surface area contributed by atoms with Gasteiger partial charge < -0.3 is 15.2 Å². The number of H-pyrrole nitrogens is 1. The van der Waals surface area contributed by atoms with E-state index in [2.05, 4.69) is 10.2 Å². The highest BCUT2D eigenvalue weighted by atomic mass is 32.1. The third-order valence-corrected chi connectivity index (χ3v) is 4.79. The maximum atomic E-state index is 11.7. The minimum Gasteiger partial charge on any atom is -0.493 e. The minimum atomic E-state index is -0.696. The molecule has 0 radical (unpaired) electrons. The quantitative estimate of drug-likeness (QED) is 0.591. The smallest absolute Gasteiger partial charge is 0.283 e. The van der Waals surface area contributed by atoms with Crippen molar-refractivity contribution in [3.05, 3.63) is 43.8 Å². The molecule has 0 bridgehead atoms. The number of hydrogen-bond donors (Lipinski definition) is 2. The van der Waals surface area contributed by atoms with Gasteiger partial charge in [-0.3, -0.25) is 14.3 Å². The molecule has 26 heavy (non-hydrogen) atoms. The largest absolute Gasteiger partial charge is 0.493 e. The van der Waals surface area contributed by atoms with E-state index in [-0.39, 0.29) is 28.9 Å². The molecule has 1 fully saturated rings. The second kappa shape index (κ2) is 7.69. The van der Waals surface area contributed by atoms with Crippen LogP contribution in [0, 0.1) is 9.68 Å². The van der Waals surface area contributed by atoms with E-state index in [1.54, 1.807) is 7.11 Å². The van der Waals surface area contributed by atoms with Crippen LogP contribution in [-0.2, 0) is 6.54 Å². The predicted molar refractivity (Wildman–Crippen MR) is 101 cm³/mol. The van der Waals surface area contributed by atoms with Crippen LogP contribution in [0.2, 0.25) is 0 Å². The monoisotopic (exact) mass is 376 g/mol. The third kappa shape index (κ3) is 3.62. The number of ether oxygens (including phenoxy) is 2. The highest BCUT2D eigenvalue weighted by molar-refractivity contribution is 7.71. The molecule has 1 heterocycles. The van der Waals surface area contributed by atoms with Gasteiger partial charge in [-0.15, -0.1) is 4.91 Å². The lowest BCUT2D eigenvalue weighted by Gasteiger charge is -2.17. The van der Waals surface area contributed by atoms with E-state index in [1.165, 1.54) is 4.57 Å². The number of nitrogens with two attached hydrogens (primary N) is 1. The van der Waals surface area contributed by atoms with E-state index in [0.717, 1.165) is 31.2 Å². The van der Waals surface area contributed by atoms with Crippen LogP contribution in [-0.4, -0.2) is 22.8 Å². The highest BCUT2D eigenvalue weighted by Gasteiger charge is 2.19. The van der Waals surface area contributed by atoms with Gasteiger partial charge >= 0.3 is 0 Å². The minimum absolute atomic E-state index is 0.0668. The van der Waals surface area contributed by atoms with E-state index in [9.17, 15) is 9.70 Å². The fourth-order valence-electron chi connectivity index (χ4n) is 3.10. The molecule has 0 spiro atoms. The molecule has 0 amide bonds. The van der Waals surface area contributed by atoms with Gasteiger partial charge in [0.2, 0.25) is 5.69 Å². The van der Waals surface area contributed by atoms with Gasteiger partial charge in [0, 0.05) is 0 Å². The zero-order valence-electron chi connectivity index (χ0n) is 14.4. The van der Waals surface area contributed by atoms with Gasteiger partial charge in [-0.1, -0.05) is 6.07 Å². The maximum absolute atomic E-state index is 11.7. The molecule has 0 aliphatic heterocycles. The molecule has 0 atom stereocenters. The summed E-state index contributed by atoms with van der Waals surface area (Å²) in [5.41, 5.74) is 5.66. The fourth-order valence-corrected chi connectivity index (χ4v) is 3.36. The molecule has 0 unspecified atom stereocenters. The molecule has 0 saturated heterocycles. The zero-order valence-corrected chi connectivity index (χ0v) is 15.2. The lowest BCUT2D eigenvalue weighted by atomic mass is 10.2. The Kier molecular flexibility index (Phi) is 5.36. The van der Waals surface area contributed by atoms with E-state index in [4.69, 9.17) is 27.4 Å². The molecule has 2 aromatic rings. The van der Waals surface area contributed by atoms with E-state index in [1.807, 2.05) is 18.2 Å². The van der Waals surface area contributed by atoms with Crippen molar-refractivity contribution in [2.24, 2.45) is 5.18 Å². The Hall–Kier alpha value is -2.68. The van der Waals surface area contributed by atoms with Gasteiger partial charge in [0.25, 0.3) is 5.56 Å². The summed E-state index contributed by atoms with van der Waals surface area (Å²) >= 11 is 5.16. The molecule has 8 nitrogen and oxygen atoms in total. The van der Waals surface area contributed by atoms with Gasteiger partial charge in [0.1, 0.15) is 5.82 Å². The first kappa shape index (κ1) is 18.1. The summed E-state index contributed by atoms with van der Waals surface area (Å²) in [4.78, 5) is 25.0. The van der Waals surface area contributed by atoms with Crippen molar-refractivity contribution in [1.29, 1.82) is 0 Å². The Labute approximate surface area is 154 Å². The first-order chi connectivity index (χ1) is 12.5. The molecular weight excluding hydrogens is 356 g/mol. The molecule has 1 aromatic carbocycles. The van der Waals surface area contributed by atoms with Crippen molar-refractivity contribution in [3.63, 3.8) is 0 Å². The number of benzene rings is 1. The second-order valence-electron chi connectivity index (χ2n) is 6.18. The number of anilines is 1. The van der Waals surface area contributed by atoms with Crippen LogP contribution in [0.5, 0.6) is 11.5 Å². The Morgan fingerprint density at radius 3 is 2.73 bits per heavy atom. The summed E-state index contributed by atoms with van der Waals surface area (Å²) in [5.74, 6) is 1.23. The number of nitrogen functional groups attached to an aromatic ring is 1. The molecule has 1 aliphatic rings. The number of aromatic nitrogens is 2. The molecule has 1 saturated carbocycles. The number of rotatable bonds is 6. The van der Waals surface area contributed by atoms with Gasteiger partial charge in [-0.05, 0) is 60.8 Å². The first-order valence-electron chi connectivity index (χ1n) is 8.33. The summed E-state index contributed by atoms with van der Waals surface area (Å²) in [6, 6.07) is 5.52. The number of nitrogens with zero attached hydrogens (tertiary/aromatic N) is 2. The van der Waals surface area contributed by atoms with Crippen LogP contribution >= 0.6 is 12.2 Å². The van der Waals surface area contributed by atoms with Crippen LogP contribution in [0.3, 0.4) is 0 Å². The van der Waals surface area contributed by atoms with Crippen LogP contribution in [0.4, 0.5) is 11.5 Å². The predicted octanol–water partition coefficient (Wildman–Crippen LogP) is 3.26. The summed E-state index contributed by atoms with van der Waals surface area (Å²) in [6.45, 7) is 0.259. The van der Waals surface area contributed by atoms with Gasteiger partial charge in [0.05, 0.1) is 19.8 Å². The van der Waals surface area contributed by atoms with E-state index < -0.39 is 5.56 Å².